The Morgan fingerprint density at radius 1 is 1.04 bits per heavy atom. The Morgan fingerprint density at radius 3 is 2.25 bits per heavy atom. The standard InChI is InChI=1S/C15H14ClF3N4O/c16-11-8-21-14(22-9-11)24-12-3-5-23(6-4-12)13-2-1-10(7-20-13)15(17,18)19/h1-2,7-9,12H,3-6H2. The van der Waals surface area contributed by atoms with Crippen molar-refractivity contribution >= 4 is 17.4 Å². The molecule has 0 saturated carbocycles. The number of rotatable bonds is 3. The van der Waals surface area contributed by atoms with Gasteiger partial charge in [0.15, 0.2) is 0 Å². The molecule has 0 spiro atoms. The molecule has 0 radical (unpaired) electrons. The molecule has 1 fully saturated rings. The minimum atomic E-state index is -4.37. The van der Waals surface area contributed by atoms with Crippen molar-refractivity contribution in [3.05, 3.63) is 41.3 Å². The number of aromatic nitrogens is 3. The molecule has 0 aromatic carbocycles. The van der Waals surface area contributed by atoms with Crippen molar-refractivity contribution in [2.45, 2.75) is 25.1 Å². The predicted molar refractivity (Wildman–Crippen MR) is 82.1 cm³/mol. The molecule has 5 nitrogen and oxygen atoms in total. The molecule has 3 heterocycles. The zero-order valence-electron chi connectivity index (χ0n) is 12.5. The highest BCUT2D eigenvalue weighted by molar-refractivity contribution is 6.30. The molecule has 24 heavy (non-hydrogen) atoms. The number of halogens is 4. The zero-order chi connectivity index (χ0) is 17.2. The molecule has 1 aliphatic rings. The molecule has 0 N–H and O–H groups in total. The Hall–Kier alpha value is -2.09. The maximum atomic E-state index is 12.6. The summed E-state index contributed by atoms with van der Waals surface area (Å²) in [6.45, 7) is 1.27. The van der Waals surface area contributed by atoms with Gasteiger partial charge in [0.1, 0.15) is 11.9 Å². The average molecular weight is 359 g/mol. The molecule has 2 aromatic rings. The molecule has 1 saturated heterocycles. The molecule has 3 rings (SSSR count). The summed E-state index contributed by atoms with van der Waals surface area (Å²) in [6, 6.07) is 2.71. The Balaban J connectivity index is 1.56. The number of ether oxygens (including phenoxy) is 1. The molecule has 1 aliphatic heterocycles. The molecule has 0 unspecified atom stereocenters. The second-order valence-corrected chi connectivity index (χ2v) is 5.83. The van der Waals surface area contributed by atoms with Crippen molar-refractivity contribution in [3.8, 4) is 6.01 Å². The fourth-order valence-corrected chi connectivity index (χ4v) is 2.55. The fraction of sp³-hybridized carbons (Fsp3) is 0.400. The van der Waals surface area contributed by atoms with Gasteiger partial charge >= 0.3 is 12.2 Å². The van der Waals surface area contributed by atoms with Gasteiger partial charge in [-0.25, -0.2) is 15.0 Å². The summed E-state index contributed by atoms with van der Waals surface area (Å²) < 4.78 is 43.3. The van der Waals surface area contributed by atoms with Gasteiger partial charge in [0.25, 0.3) is 0 Å². The van der Waals surface area contributed by atoms with E-state index in [1.807, 2.05) is 4.90 Å². The average Bonchev–Trinajstić information content (AvgIpc) is 2.57. The maximum absolute atomic E-state index is 12.6. The van der Waals surface area contributed by atoms with Crippen molar-refractivity contribution in [2.24, 2.45) is 0 Å². The summed E-state index contributed by atoms with van der Waals surface area (Å²) in [5, 5.41) is 0.436. The lowest BCUT2D eigenvalue weighted by Crippen LogP contribution is -2.38. The van der Waals surface area contributed by atoms with Crippen LogP contribution in [0.3, 0.4) is 0 Å². The summed E-state index contributed by atoms with van der Waals surface area (Å²) in [6.07, 6.45) is 0.779. The van der Waals surface area contributed by atoms with E-state index in [9.17, 15) is 13.2 Å². The van der Waals surface area contributed by atoms with Crippen molar-refractivity contribution in [1.82, 2.24) is 15.0 Å². The lowest BCUT2D eigenvalue weighted by Gasteiger charge is -2.32. The van der Waals surface area contributed by atoms with E-state index in [0.717, 1.165) is 12.3 Å². The quantitative estimate of drug-likeness (QED) is 0.839. The van der Waals surface area contributed by atoms with Crippen LogP contribution < -0.4 is 9.64 Å². The van der Waals surface area contributed by atoms with Gasteiger partial charge in [-0.15, -0.1) is 0 Å². The van der Waals surface area contributed by atoms with E-state index in [-0.39, 0.29) is 12.1 Å². The summed E-state index contributed by atoms with van der Waals surface area (Å²) >= 11 is 5.72. The molecule has 9 heteroatoms. The van der Waals surface area contributed by atoms with Crippen LogP contribution >= 0.6 is 11.6 Å². The summed E-state index contributed by atoms with van der Waals surface area (Å²) in [5.74, 6) is 0.532. The van der Waals surface area contributed by atoms with Gasteiger partial charge in [0.05, 0.1) is 23.0 Å². The molecule has 0 bridgehead atoms. The third kappa shape index (κ3) is 4.05. The van der Waals surface area contributed by atoms with Crippen molar-refractivity contribution < 1.29 is 17.9 Å². The second kappa shape index (κ2) is 6.80. The van der Waals surface area contributed by atoms with Gasteiger partial charge in [0, 0.05) is 32.1 Å². The Labute approximate surface area is 141 Å². The SMILES string of the molecule is FC(F)(F)c1ccc(N2CCC(Oc3ncc(Cl)cn3)CC2)nc1. The first-order valence-electron chi connectivity index (χ1n) is 7.34. The monoisotopic (exact) mass is 358 g/mol. The lowest BCUT2D eigenvalue weighted by molar-refractivity contribution is -0.137. The van der Waals surface area contributed by atoms with E-state index in [4.69, 9.17) is 16.3 Å². The number of hydrogen-bond donors (Lipinski definition) is 0. The summed E-state index contributed by atoms with van der Waals surface area (Å²) in [4.78, 5) is 13.8. The maximum Gasteiger partial charge on any atom is 0.417 e. The van der Waals surface area contributed by atoms with E-state index >= 15 is 0 Å². The number of piperidine rings is 1. The van der Waals surface area contributed by atoms with Gasteiger partial charge < -0.3 is 9.64 Å². The fourth-order valence-electron chi connectivity index (χ4n) is 2.45. The first-order valence-corrected chi connectivity index (χ1v) is 7.72. The second-order valence-electron chi connectivity index (χ2n) is 5.39. The first-order chi connectivity index (χ1) is 11.4. The minimum Gasteiger partial charge on any atom is -0.460 e. The van der Waals surface area contributed by atoms with Crippen LogP contribution in [0.15, 0.2) is 30.7 Å². The molecule has 0 aliphatic carbocycles. The number of nitrogens with zero attached hydrogens (tertiary/aromatic N) is 4. The third-order valence-electron chi connectivity index (χ3n) is 3.71. The van der Waals surface area contributed by atoms with Crippen LogP contribution in [0, 0.1) is 0 Å². The zero-order valence-corrected chi connectivity index (χ0v) is 13.3. The van der Waals surface area contributed by atoms with Crippen LogP contribution in [0.4, 0.5) is 19.0 Å². The molecule has 0 atom stereocenters. The van der Waals surface area contributed by atoms with E-state index in [0.29, 0.717) is 36.8 Å². The number of alkyl halides is 3. The number of anilines is 1. The van der Waals surface area contributed by atoms with Crippen LogP contribution in [0.1, 0.15) is 18.4 Å². The first kappa shape index (κ1) is 16.8. The highest BCUT2D eigenvalue weighted by atomic mass is 35.5. The van der Waals surface area contributed by atoms with Crippen molar-refractivity contribution in [1.29, 1.82) is 0 Å². The van der Waals surface area contributed by atoms with Crippen LogP contribution in [0.2, 0.25) is 5.02 Å². The summed E-state index contributed by atoms with van der Waals surface area (Å²) in [7, 11) is 0. The Kier molecular flexibility index (Phi) is 4.75. The highest BCUT2D eigenvalue weighted by Gasteiger charge is 2.31. The molecule has 2 aromatic heterocycles. The minimum absolute atomic E-state index is 0.0446. The van der Waals surface area contributed by atoms with Gasteiger partial charge in [-0.05, 0) is 12.1 Å². The van der Waals surface area contributed by atoms with E-state index in [1.165, 1.54) is 18.5 Å². The third-order valence-corrected chi connectivity index (χ3v) is 3.91. The smallest absolute Gasteiger partial charge is 0.417 e. The Morgan fingerprint density at radius 2 is 1.71 bits per heavy atom. The molecular weight excluding hydrogens is 345 g/mol. The van der Waals surface area contributed by atoms with Crippen LogP contribution in [0.5, 0.6) is 6.01 Å². The van der Waals surface area contributed by atoms with Crippen LogP contribution in [-0.2, 0) is 6.18 Å². The van der Waals surface area contributed by atoms with E-state index < -0.39 is 11.7 Å². The van der Waals surface area contributed by atoms with Gasteiger partial charge in [0.2, 0.25) is 0 Å². The van der Waals surface area contributed by atoms with E-state index in [1.54, 1.807) is 0 Å². The van der Waals surface area contributed by atoms with Gasteiger partial charge in [-0.1, -0.05) is 11.6 Å². The topological polar surface area (TPSA) is 51.1 Å². The highest BCUT2D eigenvalue weighted by Crippen LogP contribution is 2.30. The molecule has 0 amide bonds. The molecular formula is C15H14ClF3N4O. The summed E-state index contributed by atoms with van der Waals surface area (Å²) in [5.41, 5.74) is -0.746. The van der Waals surface area contributed by atoms with E-state index in [2.05, 4.69) is 15.0 Å². The van der Waals surface area contributed by atoms with Crippen molar-refractivity contribution in [3.63, 3.8) is 0 Å². The lowest BCUT2D eigenvalue weighted by atomic mass is 10.1. The van der Waals surface area contributed by atoms with Crippen LogP contribution in [-0.4, -0.2) is 34.1 Å². The predicted octanol–water partition coefficient (Wildman–Crippen LogP) is 3.59. The number of hydrogen-bond acceptors (Lipinski definition) is 5. The number of pyridine rings is 1. The molecule has 128 valence electrons. The van der Waals surface area contributed by atoms with Gasteiger partial charge in [-0.2, -0.15) is 13.2 Å². The Bertz CT molecular complexity index is 671. The van der Waals surface area contributed by atoms with Crippen LogP contribution in [0.25, 0.3) is 0 Å². The van der Waals surface area contributed by atoms with Crippen molar-refractivity contribution in [2.75, 3.05) is 18.0 Å². The largest absolute Gasteiger partial charge is 0.460 e. The van der Waals surface area contributed by atoms with Gasteiger partial charge in [-0.3, -0.25) is 0 Å². The normalized spacial score (nSPS) is 16.2.